The van der Waals surface area contributed by atoms with Crippen LogP contribution in [0.3, 0.4) is 0 Å². The number of aromatic nitrogens is 2. The molecule has 0 bridgehead atoms. The van der Waals surface area contributed by atoms with Gasteiger partial charge in [-0.05, 0) is 88.7 Å². The number of benzene rings is 3. The summed E-state index contributed by atoms with van der Waals surface area (Å²) in [6.07, 6.45) is 1.83. The van der Waals surface area contributed by atoms with Gasteiger partial charge >= 0.3 is 0 Å². The van der Waals surface area contributed by atoms with Crippen LogP contribution >= 0.6 is 22.6 Å². The quantitative estimate of drug-likeness (QED) is 0.270. The zero-order valence-corrected chi connectivity index (χ0v) is 18.0. The van der Waals surface area contributed by atoms with Gasteiger partial charge in [-0.3, -0.25) is 0 Å². The molecule has 1 heterocycles. The summed E-state index contributed by atoms with van der Waals surface area (Å²) in [5, 5.41) is 9.60. The first-order valence-corrected chi connectivity index (χ1v) is 10.2. The molecule has 0 saturated heterocycles. The summed E-state index contributed by atoms with van der Waals surface area (Å²) in [6, 6.07) is 24.2. The first-order chi connectivity index (χ1) is 14.1. The molecule has 0 fully saturated rings. The molecule has 1 aromatic heterocycles. The fraction of sp³-hybridized carbons (Fsp3) is 0.0833. The lowest BCUT2D eigenvalue weighted by Crippen LogP contribution is -1.95. The van der Waals surface area contributed by atoms with Gasteiger partial charge in [-0.25, -0.2) is 4.98 Å². The van der Waals surface area contributed by atoms with Crippen molar-refractivity contribution in [2.75, 3.05) is 0 Å². The molecule has 1 N–H and O–H groups in total. The van der Waals surface area contributed by atoms with Crippen molar-refractivity contribution in [3.05, 3.63) is 92.8 Å². The normalized spacial score (nSPS) is 11.4. The number of fused-ring (bicyclic) bond motifs is 1. The fourth-order valence-electron chi connectivity index (χ4n) is 2.98. The van der Waals surface area contributed by atoms with Crippen molar-refractivity contribution >= 4 is 45.3 Å². The number of ether oxygens (including phenoxy) is 1. The van der Waals surface area contributed by atoms with Crippen LogP contribution in [0.2, 0.25) is 0 Å². The molecule has 4 aromatic rings. The third-order valence-corrected chi connectivity index (χ3v) is 5.24. The van der Waals surface area contributed by atoms with E-state index in [1.165, 1.54) is 3.57 Å². The standard InChI is InChI=1S/C24H18IN3O/c1-16-2-11-22-23(12-16)28-24(27-22)19(14-26)13-17-5-9-21(10-6-17)29-15-18-3-7-20(25)8-4-18/h2-13H,15H2,1H3,(H,27,28). The van der Waals surface area contributed by atoms with Crippen LogP contribution in [0.5, 0.6) is 5.75 Å². The largest absolute Gasteiger partial charge is 0.489 e. The van der Waals surface area contributed by atoms with E-state index < -0.39 is 0 Å². The van der Waals surface area contributed by atoms with Crippen LogP contribution in [-0.4, -0.2) is 9.97 Å². The fourth-order valence-corrected chi connectivity index (χ4v) is 3.34. The van der Waals surface area contributed by atoms with Gasteiger partial charge in [0.05, 0.1) is 16.6 Å². The molecular formula is C24H18IN3O. The molecule has 4 rings (SSSR count). The molecule has 0 aliphatic rings. The van der Waals surface area contributed by atoms with Crippen molar-refractivity contribution in [2.45, 2.75) is 13.5 Å². The predicted octanol–water partition coefficient (Wildman–Crippen LogP) is 6.12. The number of rotatable bonds is 5. The average Bonchev–Trinajstić information content (AvgIpc) is 3.15. The maximum absolute atomic E-state index is 9.60. The highest BCUT2D eigenvalue weighted by molar-refractivity contribution is 14.1. The number of nitriles is 1. The number of halogens is 1. The van der Waals surface area contributed by atoms with Crippen molar-refractivity contribution in [2.24, 2.45) is 0 Å². The molecule has 4 nitrogen and oxygen atoms in total. The number of H-pyrrole nitrogens is 1. The summed E-state index contributed by atoms with van der Waals surface area (Å²) in [5.41, 5.74) is 5.47. The molecule has 142 valence electrons. The molecule has 0 amide bonds. The minimum absolute atomic E-state index is 0.492. The summed E-state index contributed by atoms with van der Waals surface area (Å²) in [7, 11) is 0. The van der Waals surface area contributed by atoms with Gasteiger partial charge in [0.2, 0.25) is 0 Å². The van der Waals surface area contributed by atoms with Crippen molar-refractivity contribution in [3.8, 4) is 11.8 Å². The van der Waals surface area contributed by atoms with Gasteiger partial charge < -0.3 is 9.72 Å². The Morgan fingerprint density at radius 1 is 1.10 bits per heavy atom. The maximum Gasteiger partial charge on any atom is 0.149 e. The topological polar surface area (TPSA) is 61.7 Å². The van der Waals surface area contributed by atoms with Crippen LogP contribution in [0.1, 0.15) is 22.5 Å². The second-order valence-corrected chi connectivity index (χ2v) is 8.01. The highest BCUT2D eigenvalue weighted by Gasteiger charge is 2.08. The Kier molecular flexibility index (Phi) is 5.63. The summed E-state index contributed by atoms with van der Waals surface area (Å²) >= 11 is 2.29. The molecule has 0 saturated carbocycles. The van der Waals surface area contributed by atoms with Crippen molar-refractivity contribution < 1.29 is 4.74 Å². The van der Waals surface area contributed by atoms with E-state index in [0.717, 1.165) is 33.5 Å². The third-order valence-electron chi connectivity index (χ3n) is 4.52. The number of hydrogen-bond acceptors (Lipinski definition) is 3. The Balaban J connectivity index is 1.50. The monoisotopic (exact) mass is 491 g/mol. The first-order valence-electron chi connectivity index (χ1n) is 9.16. The minimum Gasteiger partial charge on any atom is -0.489 e. The second-order valence-electron chi connectivity index (χ2n) is 6.76. The van der Waals surface area contributed by atoms with Crippen LogP contribution in [0.4, 0.5) is 0 Å². The van der Waals surface area contributed by atoms with Gasteiger partial charge in [0.25, 0.3) is 0 Å². The lowest BCUT2D eigenvalue weighted by Gasteiger charge is -2.07. The van der Waals surface area contributed by atoms with Gasteiger partial charge in [0.15, 0.2) is 0 Å². The van der Waals surface area contributed by atoms with Crippen LogP contribution in [0, 0.1) is 21.8 Å². The molecule has 0 aliphatic carbocycles. The number of nitrogens with one attached hydrogen (secondary N) is 1. The smallest absolute Gasteiger partial charge is 0.149 e. The van der Waals surface area contributed by atoms with E-state index in [1.807, 2.05) is 55.5 Å². The molecule has 0 unspecified atom stereocenters. The zero-order chi connectivity index (χ0) is 20.2. The maximum atomic E-state index is 9.60. The molecular weight excluding hydrogens is 473 g/mol. The molecule has 0 spiro atoms. The van der Waals surface area contributed by atoms with Crippen molar-refractivity contribution in [1.29, 1.82) is 5.26 Å². The summed E-state index contributed by atoms with van der Waals surface area (Å²) in [5.74, 6) is 1.37. The summed E-state index contributed by atoms with van der Waals surface area (Å²) in [6.45, 7) is 2.55. The van der Waals surface area contributed by atoms with Gasteiger partial charge in [-0.1, -0.05) is 30.3 Å². The number of aryl methyl sites for hydroxylation is 1. The first kappa shape index (κ1) is 19.2. The van der Waals surface area contributed by atoms with Gasteiger partial charge in [-0.2, -0.15) is 5.26 Å². The number of allylic oxidation sites excluding steroid dienone is 1. The average molecular weight is 491 g/mol. The number of imidazole rings is 1. The Morgan fingerprint density at radius 2 is 1.86 bits per heavy atom. The van der Waals surface area contributed by atoms with Gasteiger partial charge in [0.1, 0.15) is 24.3 Å². The summed E-state index contributed by atoms with van der Waals surface area (Å²) < 4.78 is 7.05. The Hall–Kier alpha value is -3.11. The molecule has 0 aliphatic heterocycles. The van der Waals surface area contributed by atoms with E-state index in [4.69, 9.17) is 4.74 Å². The minimum atomic E-state index is 0.492. The Labute approximate surface area is 183 Å². The lowest BCUT2D eigenvalue weighted by atomic mass is 10.1. The Morgan fingerprint density at radius 3 is 2.59 bits per heavy atom. The van der Waals surface area contributed by atoms with E-state index in [2.05, 4.69) is 62.9 Å². The van der Waals surface area contributed by atoms with E-state index in [0.29, 0.717) is 18.0 Å². The molecule has 3 aromatic carbocycles. The number of aromatic amines is 1. The highest BCUT2D eigenvalue weighted by atomic mass is 127. The van der Waals surface area contributed by atoms with E-state index in [1.54, 1.807) is 0 Å². The van der Waals surface area contributed by atoms with Crippen molar-refractivity contribution in [3.63, 3.8) is 0 Å². The van der Waals surface area contributed by atoms with Crippen molar-refractivity contribution in [1.82, 2.24) is 9.97 Å². The number of hydrogen-bond donors (Lipinski definition) is 1. The third kappa shape index (κ3) is 4.66. The van der Waals surface area contributed by atoms with E-state index in [9.17, 15) is 5.26 Å². The van der Waals surface area contributed by atoms with Crippen LogP contribution in [-0.2, 0) is 6.61 Å². The molecule has 5 heteroatoms. The Bertz CT molecular complexity index is 1220. The second kappa shape index (κ2) is 8.50. The number of nitrogens with zero attached hydrogens (tertiary/aromatic N) is 2. The SMILES string of the molecule is Cc1ccc2nc(C(C#N)=Cc3ccc(OCc4ccc(I)cc4)cc3)[nH]c2c1. The zero-order valence-electron chi connectivity index (χ0n) is 15.8. The summed E-state index contributed by atoms with van der Waals surface area (Å²) in [4.78, 5) is 7.77. The van der Waals surface area contributed by atoms with Gasteiger partial charge in [-0.15, -0.1) is 0 Å². The van der Waals surface area contributed by atoms with Crippen LogP contribution in [0.25, 0.3) is 22.7 Å². The van der Waals surface area contributed by atoms with E-state index in [-0.39, 0.29) is 0 Å². The molecule has 29 heavy (non-hydrogen) atoms. The molecule has 0 atom stereocenters. The molecule has 0 radical (unpaired) electrons. The lowest BCUT2D eigenvalue weighted by molar-refractivity contribution is 0.306. The predicted molar refractivity (Wildman–Crippen MR) is 124 cm³/mol. The van der Waals surface area contributed by atoms with Crippen LogP contribution < -0.4 is 4.74 Å². The highest BCUT2D eigenvalue weighted by Crippen LogP contribution is 2.22. The van der Waals surface area contributed by atoms with Gasteiger partial charge in [0, 0.05) is 3.57 Å². The van der Waals surface area contributed by atoms with Crippen LogP contribution in [0.15, 0.2) is 66.7 Å². The van der Waals surface area contributed by atoms with E-state index >= 15 is 0 Å².